The number of hydrogen-bond acceptors (Lipinski definition) is 6. The van der Waals surface area contributed by atoms with Gasteiger partial charge in [-0.1, -0.05) is 19.0 Å². The number of aliphatic hydroxyl groups excluding tert-OH is 1. The summed E-state index contributed by atoms with van der Waals surface area (Å²) in [6.45, 7) is 6.82. The van der Waals surface area contributed by atoms with E-state index in [9.17, 15) is 5.11 Å². The number of methoxy groups -OCH3 is 1. The summed E-state index contributed by atoms with van der Waals surface area (Å²) in [5, 5.41) is 13.6. The fraction of sp³-hybridized carbons (Fsp3) is 0.833. The van der Waals surface area contributed by atoms with E-state index in [0.717, 1.165) is 0 Å². The summed E-state index contributed by atoms with van der Waals surface area (Å²) in [7, 11) is 3.47. The van der Waals surface area contributed by atoms with Gasteiger partial charge >= 0.3 is 0 Å². The lowest BCUT2D eigenvalue weighted by molar-refractivity contribution is 0.0325. The van der Waals surface area contributed by atoms with Crippen molar-refractivity contribution in [2.75, 3.05) is 27.3 Å². The SMILES string of the molecule is COCC(O)CN(C)C(C)c1nc(C(C)C)no1. The Morgan fingerprint density at radius 2 is 2.06 bits per heavy atom. The van der Waals surface area contributed by atoms with Crippen molar-refractivity contribution in [2.24, 2.45) is 0 Å². The lowest BCUT2D eigenvalue weighted by Crippen LogP contribution is -2.33. The molecule has 1 aromatic rings. The molecule has 18 heavy (non-hydrogen) atoms. The van der Waals surface area contributed by atoms with Crippen molar-refractivity contribution in [3.05, 3.63) is 11.7 Å². The zero-order valence-electron chi connectivity index (χ0n) is 11.8. The van der Waals surface area contributed by atoms with Gasteiger partial charge in [0.15, 0.2) is 5.82 Å². The topological polar surface area (TPSA) is 71.6 Å². The molecule has 0 amide bonds. The molecule has 0 aliphatic carbocycles. The van der Waals surface area contributed by atoms with Crippen molar-refractivity contribution in [2.45, 2.75) is 38.8 Å². The number of aliphatic hydroxyl groups is 1. The predicted octanol–water partition coefficient (Wildman–Crippen LogP) is 1.19. The third kappa shape index (κ3) is 4.04. The van der Waals surface area contributed by atoms with Crippen LogP contribution in [0.25, 0.3) is 0 Å². The monoisotopic (exact) mass is 257 g/mol. The molecule has 0 fully saturated rings. The minimum absolute atomic E-state index is 0.0310. The summed E-state index contributed by atoms with van der Waals surface area (Å²) >= 11 is 0. The van der Waals surface area contributed by atoms with Gasteiger partial charge in [0.2, 0.25) is 5.89 Å². The van der Waals surface area contributed by atoms with Gasteiger partial charge in [-0.05, 0) is 14.0 Å². The second-order valence-corrected chi connectivity index (χ2v) is 4.87. The third-order valence-electron chi connectivity index (χ3n) is 2.85. The summed E-state index contributed by atoms with van der Waals surface area (Å²) in [5.41, 5.74) is 0. The van der Waals surface area contributed by atoms with Gasteiger partial charge in [0.1, 0.15) is 0 Å². The van der Waals surface area contributed by atoms with Crippen LogP contribution < -0.4 is 0 Å². The van der Waals surface area contributed by atoms with Gasteiger partial charge in [0.25, 0.3) is 0 Å². The second-order valence-electron chi connectivity index (χ2n) is 4.87. The van der Waals surface area contributed by atoms with Crippen LogP contribution in [0.15, 0.2) is 4.52 Å². The average molecular weight is 257 g/mol. The minimum atomic E-state index is -0.519. The van der Waals surface area contributed by atoms with Crippen LogP contribution in [0.1, 0.15) is 44.4 Å². The summed E-state index contributed by atoms with van der Waals surface area (Å²) < 4.78 is 10.1. The quantitative estimate of drug-likeness (QED) is 0.791. The second kappa shape index (κ2) is 6.82. The van der Waals surface area contributed by atoms with Gasteiger partial charge in [-0.25, -0.2) is 0 Å². The van der Waals surface area contributed by atoms with Crippen LogP contribution in [0.3, 0.4) is 0 Å². The summed E-state index contributed by atoms with van der Waals surface area (Å²) in [5.74, 6) is 1.53. The number of hydrogen-bond donors (Lipinski definition) is 1. The van der Waals surface area contributed by atoms with Crippen molar-refractivity contribution >= 4 is 0 Å². The van der Waals surface area contributed by atoms with E-state index in [1.165, 1.54) is 0 Å². The lowest BCUT2D eigenvalue weighted by Gasteiger charge is -2.24. The largest absolute Gasteiger partial charge is 0.389 e. The Bertz CT molecular complexity index is 354. The Labute approximate surface area is 108 Å². The zero-order valence-corrected chi connectivity index (χ0v) is 11.8. The molecule has 1 aromatic heterocycles. The smallest absolute Gasteiger partial charge is 0.243 e. The highest BCUT2D eigenvalue weighted by Crippen LogP contribution is 2.19. The standard InChI is InChI=1S/C12H23N3O3/c1-8(2)11-13-12(18-14-11)9(3)15(4)6-10(16)7-17-5/h8-10,16H,6-7H2,1-5H3. The van der Waals surface area contributed by atoms with Crippen LogP contribution in [-0.4, -0.2) is 53.6 Å². The Morgan fingerprint density at radius 3 is 2.56 bits per heavy atom. The van der Waals surface area contributed by atoms with E-state index in [0.29, 0.717) is 24.9 Å². The van der Waals surface area contributed by atoms with Gasteiger partial charge in [0, 0.05) is 19.6 Å². The first-order chi connectivity index (χ1) is 8.45. The van der Waals surface area contributed by atoms with Crippen LogP contribution in [0, 0.1) is 0 Å². The van der Waals surface area contributed by atoms with Crippen LogP contribution in [0.4, 0.5) is 0 Å². The van der Waals surface area contributed by atoms with E-state index in [2.05, 4.69) is 10.1 Å². The van der Waals surface area contributed by atoms with Crippen molar-refractivity contribution in [1.82, 2.24) is 15.0 Å². The Hall–Kier alpha value is -0.980. The highest BCUT2D eigenvalue weighted by atomic mass is 16.5. The van der Waals surface area contributed by atoms with Crippen molar-refractivity contribution < 1.29 is 14.4 Å². The molecule has 6 nitrogen and oxygen atoms in total. The Morgan fingerprint density at radius 1 is 1.39 bits per heavy atom. The van der Waals surface area contributed by atoms with Crippen LogP contribution in [0.2, 0.25) is 0 Å². The molecule has 6 heteroatoms. The maximum atomic E-state index is 9.68. The first kappa shape index (κ1) is 15.1. The van der Waals surface area contributed by atoms with Gasteiger partial charge in [-0.2, -0.15) is 4.98 Å². The molecule has 0 aromatic carbocycles. The molecular weight excluding hydrogens is 234 g/mol. The third-order valence-corrected chi connectivity index (χ3v) is 2.85. The van der Waals surface area contributed by atoms with E-state index in [1.807, 2.05) is 32.7 Å². The maximum Gasteiger partial charge on any atom is 0.243 e. The molecule has 1 rings (SSSR count). The fourth-order valence-electron chi connectivity index (χ4n) is 1.58. The number of aromatic nitrogens is 2. The zero-order chi connectivity index (χ0) is 13.7. The molecule has 1 N–H and O–H groups in total. The molecule has 2 unspecified atom stereocenters. The first-order valence-electron chi connectivity index (χ1n) is 6.16. The summed E-state index contributed by atoms with van der Waals surface area (Å²) in [4.78, 5) is 6.31. The highest BCUT2D eigenvalue weighted by molar-refractivity contribution is 4.95. The molecule has 104 valence electrons. The van der Waals surface area contributed by atoms with E-state index < -0.39 is 6.10 Å². The summed E-state index contributed by atoms with van der Waals surface area (Å²) in [6, 6.07) is -0.0310. The minimum Gasteiger partial charge on any atom is -0.389 e. The van der Waals surface area contributed by atoms with E-state index >= 15 is 0 Å². The number of nitrogens with zero attached hydrogens (tertiary/aromatic N) is 3. The summed E-state index contributed by atoms with van der Waals surface area (Å²) in [6.07, 6.45) is -0.519. The van der Waals surface area contributed by atoms with Crippen molar-refractivity contribution in [3.63, 3.8) is 0 Å². The number of ether oxygens (including phenoxy) is 1. The first-order valence-corrected chi connectivity index (χ1v) is 6.16. The van der Waals surface area contributed by atoms with Crippen LogP contribution in [-0.2, 0) is 4.74 Å². The van der Waals surface area contributed by atoms with Crippen LogP contribution in [0.5, 0.6) is 0 Å². The number of likely N-dealkylation sites (N-methyl/N-ethyl adjacent to an activating group) is 1. The molecule has 1 heterocycles. The molecule has 0 aliphatic heterocycles. The lowest BCUT2D eigenvalue weighted by atomic mass is 10.2. The average Bonchev–Trinajstić information content (AvgIpc) is 2.77. The molecule has 0 spiro atoms. The Kier molecular flexibility index (Phi) is 5.71. The van der Waals surface area contributed by atoms with E-state index in [4.69, 9.17) is 9.26 Å². The maximum absolute atomic E-state index is 9.68. The van der Waals surface area contributed by atoms with Crippen molar-refractivity contribution in [3.8, 4) is 0 Å². The van der Waals surface area contributed by atoms with Gasteiger partial charge in [-0.3, -0.25) is 4.90 Å². The molecule has 0 radical (unpaired) electrons. The normalized spacial score (nSPS) is 15.3. The van der Waals surface area contributed by atoms with Gasteiger partial charge < -0.3 is 14.4 Å². The van der Waals surface area contributed by atoms with E-state index in [1.54, 1.807) is 7.11 Å². The van der Waals surface area contributed by atoms with Gasteiger partial charge in [0.05, 0.1) is 18.8 Å². The molecule has 0 saturated carbocycles. The molecule has 0 aliphatic rings. The van der Waals surface area contributed by atoms with Crippen molar-refractivity contribution in [1.29, 1.82) is 0 Å². The highest BCUT2D eigenvalue weighted by Gasteiger charge is 2.21. The molecule has 2 atom stereocenters. The fourth-order valence-corrected chi connectivity index (χ4v) is 1.58. The van der Waals surface area contributed by atoms with E-state index in [-0.39, 0.29) is 12.0 Å². The molecular formula is C12H23N3O3. The predicted molar refractivity (Wildman–Crippen MR) is 67.3 cm³/mol. The molecule has 0 saturated heterocycles. The molecule has 0 bridgehead atoms. The Balaban J connectivity index is 2.59. The van der Waals surface area contributed by atoms with Gasteiger partial charge in [-0.15, -0.1) is 0 Å². The number of rotatable bonds is 7. The van der Waals surface area contributed by atoms with Crippen LogP contribution >= 0.6 is 0 Å².